The topological polar surface area (TPSA) is 106 Å². The van der Waals surface area contributed by atoms with Crippen LogP contribution in [0.25, 0.3) is 5.78 Å². The molecule has 0 aliphatic carbocycles. The molecule has 0 aliphatic heterocycles. The summed E-state index contributed by atoms with van der Waals surface area (Å²) >= 11 is 1.27. The van der Waals surface area contributed by atoms with Crippen LogP contribution in [0.3, 0.4) is 0 Å². The fourth-order valence-corrected chi connectivity index (χ4v) is 3.04. The fourth-order valence-electron chi connectivity index (χ4n) is 2.33. The van der Waals surface area contributed by atoms with Crippen LogP contribution in [0.1, 0.15) is 24.2 Å². The van der Waals surface area contributed by atoms with Crippen LogP contribution >= 0.6 is 11.8 Å². The van der Waals surface area contributed by atoms with E-state index in [9.17, 15) is 4.79 Å². The van der Waals surface area contributed by atoms with Crippen molar-refractivity contribution in [2.24, 2.45) is 0 Å². The normalized spacial score (nSPS) is 10.8. The monoisotopic (exact) mass is 387 g/mol. The number of fused-ring (bicyclic) bond motifs is 1. The summed E-state index contributed by atoms with van der Waals surface area (Å²) in [7, 11) is 1.59. The van der Waals surface area contributed by atoms with Gasteiger partial charge in [0.25, 0.3) is 5.78 Å². The lowest BCUT2D eigenvalue weighted by molar-refractivity contribution is 0.102. The summed E-state index contributed by atoms with van der Waals surface area (Å²) in [6, 6.07) is 7.02. The van der Waals surface area contributed by atoms with E-state index in [2.05, 4.69) is 30.7 Å². The van der Waals surface area contributed by atoms with E-state index < -0.39 is 0 Å². The third kappa shape index (κ3) is 4.45. The van der Waals surface area contributed by atoms with Crippen molar-refractivity contribution in [1.82, 2.24) is 24.6 Å². The van der Waals surface area contributed by atoms with E-state index in [4.69, 9.17) is 4.74 Å². The molecule has 0 atom stereocenters. The number of thioether (sulfide) groups is 1. The van der Waals surface area contributed by atoms with E-state index in [1.165, 1.54) is 11.8 Å². The maximum Gasteiger partial charge on any atom is 0.259 e. The second kappa shape index (κ2) is 8.67. The minimum absolute atomic E-state index is 0.00663. The first-order valence-electron chi connectivity index (χ1n) is 8.57. The molecular weight excluding hydrogens is 366 g/mol. The Hall–Kier alpha value is -2.88. The highest BCUT2D eigenvalue weighted by Crippen LogP contribution is 2.19. The van der Waals surface area contributed by atoms with Gasteiger partial charge in [-0.3, -0.25) is 4.79 Å². The van der Waals surface area contributed by atoms with Gasteiger partial charge in [0.15, 0.2) is 5.78 Å². The molecular formula is C17H21N7O2S. The van der Waals surface area contributed by atoms with Gasteiger partial charge in [0.1, 0.15) is 5.75 Å². The van der Waals surface area contributed by atoms with Gasteiger partial charge in [-0.15, -0.1) is 5.10 Å². The zero-order chi connectivity index (χ0) is 19.2. The molecule has 0 bridgehead atoms. The number of nitrogens with zero attached hydrogens (tertiary/aromatic N) is 5. The van der Waals surface area contributed by atoms with Gasteiger partial charge in [-0.2, -0.15) is 19.5 Å². The molecule has 0 aliphatic rings. The molecule has 3 rings (SSSR count). The average Bonchev–Trinajstić information content (AvgIpc) is 3.10. The molecule has 0 fully saturated rings. The van der Waals surface area contributed by atoms with E-state index in [-0.39, 0.29) is 11.5 Å². The van der Waals surface area contributed by atoms with Gasteiger partial charge in [-0.25, -0.2) is 0 Å². The van der Waals surface area contributed by atoms with Crippen molar-refractivity contribution in [3.8, 4) is 5.75 Å². The molecule has 9 nitrogen and oxygen atoms in total. The molecule has 0 amide bonds. The first kappa shape index (κ1) is 18.9. The standard InChI is InChI=1S/C17H21N7O2S/c1-4-18-14-20-15(19-5-2)24-16(21-14)22-17(23-24)27-10-13(25)11-6-8-12(26-3)9-7-11/h6-9H,4-5,10H2,1-3H3,(H2,18,19,20,21,22,23). The van der Waals surface area contributed by atoms with Crippen LogP contribution in [0.15, 0.2) is 29.4 Å². The molecule has 2 N–H and O–H groups in total. The van der Waals surface area contributed by atoms with Crippen LogP contribution in [-0.2, 0) is 0 Å². The van der Waals surface area contributed by atoms with Gasteiger partial charge in [0.2, 0.25) is 17.1 Å². The van der Waals surface area contributed by atoms with Crippen molar-refractivity contribution < 1.29 is 9.53 Å². The number of Topliss-reactive ketones (excluding diaryl/α,β-unsaturated/α-hetero) is 1. The van der Waals surface area contributed by atoms with Gasteiger partial charge in [0.05, 0.1) is 12.9 Å². The van der Waals surface area contributed by atoms with E-state index in [1.54, 1.807) is 35.9 Å². The molecule has 0 spiro atoms. The summed E-state index contributed by atoms with van der Waals surface area (Å²) in [5.74, 6) is 2.41. The van der Waals surface area contributed by atoms with Crippen LogP contribution in [0.5, 0.6) is 5.75 Å². The molecule has 1 aromatic carbocycles. The predicted molar refractivity (Wildman–Crippen MR) is 105 cm³/mol. The molecule has 2 aromatic heterocycles. The van der Waals surface area contributed by atoms with Crippen molar-refractivity contribution in [3.05, 3.63) is 29.8 Å². The van der Waals surface area contributed by atoms with Crippen LogP contribution in [0, 0.1) is 0 Å². The summed E-state index contributed by atoms with van der Waals surface area (Å²) in [5.41, 5.74) is 0.620. The van der Waals surface area contributed by atoms with Gasteiger partial charge in [-0.05, 0) is 38.1 Å². The van der Waals surface area contributed by atoms with Crippen molar-refractivity contribution in [2.45, 2.75) is 19.0 Å². The molecule has 0 saturated carbocycles. The Bertz CT molecular complexity index is 927. The molecule has 0 radical (unpaired) electrons. The van der Waals surface area contributed by atoms with Crippen molar-refractivity contribution in [2.75, 3.05) is 36.6 Å². The Morgan fingerprint density at radius 2 is 1.85 bits per heavy atom. The van der Waals surface area contributed by atoms with Crippen LogP contribution in [-0.4, -0.2) is 56.3 Å². The summed E-state index contributed by atoms with van der Waals surface area (Å²) in [5, 5.41) is 11.1. The lowest BCUT2D eigenvalue weighted by Gasteiger charge is -2.06. The molecule has 3 aromatic rings. The number of carbonyl (C=O) groups excluding carboxylic acids is 1. The highest BCUT2D eigenvalue weighted by Gasteiger charge is 2.14. The third-order valence-corrected chi connectivity index (χ3v) is 4.44. The Morgan fingerprint density at radius 3 is 2.52 bits per heavy atom. The fraction of sp³-hybridized carbons (Fsp3) is 0.353. The number of ether oxygens (including phenoxy) is 1. The maximum atomic E-state index is 12.4. The van der Waals surface area contributed by atoms with Crippen molar-refractivity contribution in [1.29, 1.82) is 0 Å². The number of benzene rings is 1. The van der Waals surface area contributed by atoms with Crippen molar-refractivity contribution in [3.63, 3.8) is 0 Å². The lowest BCUT2D eigenvalue weighted by atomic mass is 10.1. The summed E-state index contributed by atoms with van der Waals surface area (Å²) in [6.45, 7) is 5.33. The third-order valence-electron chi connectivity index (χ3n) is 3.60. The Kier molecular flexibility index (Phi) is 6.07. The SMILES string of the molecule is CCNc1nc(NCC)n2nc(SCC(=O)c3ccc(OC)cc3)nc2n1. The first-order chi connectivity index (χ1) is 13.1. The predicted octanol–water partition coefficient (Wildman–Crippen LogP) is 2.37. The maximum absolute atomic E-state index is 12.4. The molecule has 0 unspecified atom stereocenters. The van der Waals surface area contributed by atoms with E-state index in [0.717, 1.165) is 0 Å². The lowest BCUT2D eigenvalue weighted by Crippen LogP contribution is -2.11. The quantitative estimate of drug-likeness (QED) is 0.423. The second-order valence-electron chi connectivity index (χ2n) is 5.48. The summed E-state index contributed by atoms with van der Waals surface area (Å²) < 4.78 is 6.65. The Labute approximate surface area is 161 Å². The number of anilines is 2. The Balaban J connectivity index is 1.76. The molecule has 0 saturated heterocycles. The van der Waals surface area contributed by atoms with Gasteiger partial charge in [-0.1, -0.05) is 11.8 Å². The first-order valence-corrected chi connectivity index (χ1v) is 9.55. The van der Waals surface area contributed by atoms with Crippen LogP contribution in [0.4, 0.5) is 11.9 Å². The van der Waals surface area contributed by atoms with E-state index in [0.29, 0.717) is 47.2 Å². The van der Waals surface area contributed by atoms with Crippen LogP contribution in [0.2, 0.25) is 0 Å². The number of hydrogen-bond donors (Lipinski definition) is 2. The van der Waals surface area contributed by atoms with Crippen LogP contribution < -0.4 is 15.4 Å². The zero-order valence-corrected chi connectivity index (χ0v) is 16.2. The molecule has 10 heteroatoms. The number of ketones is 1. The summed E-state index contributed by atoms with van der Waals surface area (Å²) in [4.78, 5) is 25.5. The number of hydrogen-bond acceptors (Lipinski definition) is 9. The van der Waals surface area contributed by atoms with Crippen molar-refractivity contribution >= 4 is 35.2 Å². The zero-order valence-electron chi connectivity index (χ0n) is 15.4. The minimum Gasteiger partial charge on any atom is -0.497 e. The highest BCUT2D eigenvalue weighted by atomic mass is 32.2. The van der Waals surface area contributed by atoms with E-state index >= 15 is 0 Å². The molecule has 2 heterocycles. The van der Waals surface area contributed by atoms with Gasteiger partial charge >= 0.3 is 0 Å². The Morgan fingerprint density at radius 1 is 1.11 bits per heavy atom. The number of methoxy groups -OCH3 is 1. The highest BCUT2D eigenvalue weighted by molar-refractivity contribution is 7.99. The largest absolute Gasteiger partial charge is 0.497 e. The summed E-state index contributed by atoms with van der Waals surface area (Å²) in [6.07, 6.45) is 0. The number of aromatic nitrogens is 5. The number of rotatable bonds is 9. The number of carbonyl (C=O) groups is 1. The molecule has 27 heavy (non-hydrogen) atoms. The number of nitrogens with one attached hydrogen (secondary N) is 2. The molecule has 142 valence electrons. The second-order valence-corrected chi connectivity index (χ2v) is 6.42. The van der Waals surface area contributed by atoms with Gasteiger partial charge < -0.3 is 15.4 Å². The smallest absolute Gasteiger partial charge is 0.259 e. The van der Waals surface area contributed by atoms with Gasteiger partial charge in [0, 0.05) is 18.7 Å². The van der Waals surface area contributed by atoms with E-state index in [1.807, 2.05) is 13.8 Å². The minimum atomic E-state index is -0.00663. The average molecular weight is 387 g/mol.